The second kappa shape index (κ2) is 6.76. The molecular weight excluding hydrogens is 278 g/mol. The summed E-state index contributed by atoms with van der Waals surface area (Å²) in [4.78, 5) is 8.74. The number of hydrogen-bond acceptors (Lipinski definition) is 4. The first-order valence-corrected chi connectivity index (χ1v) is 9.10. The van der Waals surface area contributed by atoms with Crippen LogP contribution in [0.5, 0.6) is 0 Å². The second-order valence-electron chi connectivity index (χ2n) is 7.47. The molecule has 0 aromatic carbocycles. The number of hydrogen-bond donors (Lipinski definition) is 1. The third kappa shape index (κ3) is 4.51. The lowest BCUT2D eigenvalue weighted by Gasteiger charge is -2.29. The van der Waals surface area contributed by atoms with E-state index in [9.17, 15) is 0 Å². The van der Waals surface area contributed by atoms with Gasteiger partial charge in [0, 0.05) is 23.4 Å². The van der Waals surface area contributed by atoms with E-state index < -0.39 is 0 Å². The molecule has 2 heterocycles. The predicted octanol–water partition coefficient (Wildman–Crippen LogP) is 3.73. The number of thiazole rings is 1. The molecule has 4 heteroatoms. The molecule has 1 aromatic heterocycles. The van der Waals surface area contributed by atoms with E-state index in [-0.39, 0.29) is 5.54 Å². The van der Waals surface area contributed by atoms with E-state index in [0.717, 1.165) is 18.9 Å². The highest BCUT2D eigenvalue weighted by Crippen LogP contribution is 2.32. The lowest BCUT2D eigenvalue weighted by molar-refractivity contribution is 0.194. The van der Waals surface area contributed by atoms with Crippen LogP contribution in [0.4, 0.5) is 0 Å². The summed E-state index contributed by atoms with van der Waals surface area (Å²) < 4.78 is 0. The van der Waals surface area contributed by atoms with Gasteiger partial charge in [0.1, 0.15) is 0 Å². The molecule has 0 saturated carbocycles. The minimum absolute atomic E-state index is 0.282. The molecule has 2 N–H and O–H groups in total. The van der Waals surface area contributed by atoms with Gasteiger partial charge in [-0.05, 0) is 51.6 Å². The van der Waals surface area contributed by atoms with Crippen LogP contribution in [0.3, 0.4) is 0 Å². The SMILES string of the molecule is CC1CCN(CCc2nc(C(C)C)c(C(C)(C)N)s2)CC1. The van der Waals surface area contributed by atoms with Crippen LogP contribution in [-0.2, 0) is 12.0 Å². The van der Waals surface area contributed by atoms with Gasteiger partial charge in [0.15, 0.2) is 0 Å². The molecule has 0 aliphatic carbocycles. The molecule has 0 bridgehead atoms. The van der Waals surface area contributed by atoms with Crippen LogP contribution >= 0.6 is 11.3 Å². The van der Waals surface area contributed by atoms with E-state index in [2.05, 4.69) is 39.5 Å². The van der Waals surface area contributed by atoms with E-state index in [4.69, 9.17) is 10.7 Å². The predicted molar refractivity (Wildman–Crippen MR) is 92.0 cm³/mol. The fourth-order valence-corrected chi connectivity index (χ4v) is 4.10. The monoisotopic (exact) mass is 309 g/mol. The molecule has 0 spiro atoms. The van der Waals surface area contributed by atoms with E-state index in [1.165, 1.54) is 41.5 Å². The van der Waals surface area contributed by atoms with Crippen molar-refractivity contribution in [3.05, 3.63) is 15.6 Å². The summed E-state index contributed by atoms with van der Waals surface area (Å²) in [5, 5.41) is 1.26. The molecule has 21 heavy (non-hydrogen) atoms. The third-order valence-corrected chi connectivity index (χ3v) is 5.82. The zero-order valence-electron chi connectivity index (χ0n) is 14.3. The molecule has 1 aromatic rings. The lowest BCUT2D eigenvalue weighted by atomic mass is 9.98. The Hall–Kier alpha value is -0.450. The fourth-order valence-electron chi connectivity index (χ4n) is 2.88. The van der Waals surface area contributed by atoms with Gasteiger partial charge in [0.05, 0.1) is 10.7 Å². The van der Waals surface area contributed by atoms with Crippen molar-refractivity contribution in [2.45, 2.75) is 65.3 Å². The molecule has 0 amide bonds. The highest BCUT2D eigenvalue weighted by Gasteiger charge is 2.25. The van der Waals surface area contributed by atoms with Gasteiger partial charge in [0.2, 0.25) is 0 Å². The average Bonchev–Trinajstić information content (AvgIpc) is 2.82. The Balaban J connectivity index is 2.01. The zero-order valence-corrected chi connectivity index (χ0v) is 15.1. The first-order chi connectivity index (χ1) is 9.77. The highest BCUT2D eigenvalue weighted by atomic mass is 32.1. The fraction of sp³-hybridized carbons (Fsp3) is 0.824. The van der Waals surface area contributed by atoms with Crippen molar-refractivity contribution in [3.63, 3.8) is 0 Å². The molecule has 0 atom stereocenters. The second-order valence-corrected chi connectivity index (χ2v) is 8.56. The van der Waals surface area contributed by atoms with Gasteiger partial charge in [-0.25, -0.2) is 4.98 Å². The smallest absolute Gasteiger partial charge is 0.0944 e. The van der Waals surface area contributed by atoms with Crippen molar-refractivity contribution < 1.29 is 0 Å². The Labute approximate surface area is 133 Å². The van der Waals surface area contributed by atoms with Crippen LogP contribution in [0.25, 0.3) is 0 Å². The van der Waals surface area contributed by atoms with Crippen molar-refractivity contribution in [2.75, 3.05) is 19.6 Å². The highest BCUT2D eigenvalue weighted by molar-refractivity contribution is 7.11. The minimum atomic E-state index is -0.282. The normalized spacial score (nSPS) is 18.6. The zero-order chi connectivity index (χ0) is 15.6. The Morgan fingerprint density at radius 1 is 1.33 bits per heavy atom. The van der Waals surface area contributed by atoms with Gasteiger partial charge in [0.25, 0.3) is 0 Å². The summed E-state index contributed by atoms with van der Waals surface area (Å²) in [5.74, 6) is 1.35. The summed E-state index contributed by atoms with van der Waals surface area (Å²) in [6.07, 6.45) is 3.75. The van der Waals surface area contributed by atoms with Crippen molar-refractivity contribution in [1.29, 1.82) is 0 Å². The van der Waals surface area contributed by atoms with E-state index >= 15 is 0 Å². The number of rotatable bonds is 5. The van der Waals surface area contributed by atoms with Gasteiger partial charge >= 0.3 is 0 Å². The summed E-state index contributed by atoms with van der Waals surface area (Å²) in [5.41, 5.74) is 7.24. The van der Waals surface area contributed by atoms with Crippen LogP contribution in [0, 0.1) is 5.92 Å². The van der Waals surface area contributed by atoms with Crippen LogP contribution in [-0.4, -0.2) is 29.5 Å². The molecule has 0 radical (unpaired) electrons. The van der Waals surface area contributed by atoms with Crippen LogP contribution in [0.1, 0.15) is 69.0 Å². The first kappa shape index (κ1) is 16.9. The lowest BCUT2D eigenvalue weighted by Crippen LogP contribution is -2.34. The maximum atomic E-state index is 6.32. The van der Waals surface area contributed by atoms with E-state index in [1.807, 2.05) is 11.3 Å². The quantitative estimate of drug-likeness (QED) is 0.901. The van der Waals surface area contributed by atoms with Crippen molar-refractivity contribution in [2.24, 2.45) is 11.7 Å². The molecule has 1 aliphatic rings. The maximum Gasteiger partial charge on any atom is 0.0944 e. The van der Waals surface area contributed by atoms with E-state index in [0.29, 0.717) is 5.92 Å². The summed E-state index contributed by atoms with van der Waals surface area (Å²) >= 11 is 1.82. The van der Waals surface area contributed by atoms with Gasteiger partial charge in [-0.3, -0.25) is 0 Å². The molecule has 0 unspecified atom stereocenters. The topological polar surface area (TPSA) is 42.2 Å². The Morgan fingerprint density at radius 2 is 1.95 bits per heavy atom. The largest absolute Gasteiger partial charge is 0.321 e. The summed E-state index contributed by atoms with van der Waals surface area (Å²) in [6, 6.07) is 0. The molecule has 1 aliphatic heterocycles. The summed E-state index contributed by atoms with van der Waals surface area (Å²) in [7, 11) is 0. The Kier molecular flexibility index (Phi) is 5.44. The first-order valence-electron chi connectivity index (χ1n) is 8.28. The standard InChI is InChI=1S/C17H31N3S/c1-12(2)15-16(17(4,5)18)21-14(19-15)8-11-20-9-6-13(3)7-10-20/h12-13H,6-11,18H2,1-5H3. The number of nitrogens with two attached hydrogens (primary N) is 1. The average molecular weight is 310 g/mol. The molecule has 3 nitrogen and oxygen atoms in total. The molecule has 2 rings (SSSR count). The van der Waals surface area contributed by atoms with Gasteiger partial charge in [-0.15, -0.1) is 11.3 Å². The van der Waals surface area contributed by atoms with Crippen LogP contribution in [0.15, 0.2) is 0 Å². The maximum absolute atomic E-state index is 6.32. The molecule has 120 valence electrons. The van der Waals surface area contributed by atoms with Crippen LogP contribution < -0.4 is 5.73 Å². The third-order valence-electron chi connectivity index (χ3n) is 4.35. The molecule has 1 saturated heterocycles. The van der Waals surface area contributed by atoms with Crippen molar-refractivity contribution >= 4 is 11.3 Å². The van der Waals surface area contributed by atoms with Gasteiger partial charge in [-0.1, -0.05) is 20.8 Å². The van der Waals surface area contributed by atoms with Crippen molar-refractivity contribution in [3.8, 4) is 0 Å². The molecular formula is C17H31N3S. The number of nitrogens with zero attached hydrogens (tertiary/aromatic N) is 2. The molecule has 1 fully saturated rings. The van der Waals surface area contributed by atoms with Gasteiger partial charge < -0.3 is 10.6 Å². The number of piperidine rings is 1. The Bertz CT molecular complexity index is 451. The minimum Gasteiger partial charge on any atom is -0.321 e. The summed E-state index contributed by atoms with van der Waals surface area (Å²) in [6.45, 7) is 14.6. The van der Waals surface area contributed by atoms with Gasteiger partial charge in [-0.2, -0.15) is 0 Å². The number of aromatic nitrogens is 1. The van der Waals surface area contributed by atoms with E-state index in [1.54, 1.807) is 0 Å². The Morgan fingerprint density at radius 3 is 2.43 bits per heavy atom. The van der Waals surface area contributed by atoms with Crippen molar-refractivity contribution in [1.82, 2.24) is 9.88 Å². The number of likely N-dealkylation sites (tertiary alicyclic amines) is 1. The van der Waals surface area contributed by atoms with Crippen LogP contribution in [0.2, 0.25) is 0 Å².